The second-order valence-electron chi connectivity index (χ2n) is 7.27. The van der Waals surface area contributed by atoms with Crippen LogP contribution in [0.25, 0.3) is 0 Å². The van der Waals surface area contributed by atoms with E-state index in [0.717, 1.165) is 11.6 Å². The minimum atomic E-state index is 0.158. The van der Waals surface area contributed by atoms with Gasteiger partial charge in [0.2, 0.25) is 0 Å². The first-order chi connectivity index (χ1) is 10.9. The summed E-state index contributed by atoms with van der Waals surface area (Å²) in [6.07, 6.45) is 3.61. The second kappa shape index (κ2) is 5.81. The number of nitrogens with zero attached hydrogens (tertiary/aromatic N) is 4. The minimum absolute atomic E-state index is 0.158. The van der Waals surface area contributed by atoms with Gasteiger partial charge in [-0.15, -0.1) is 0 Å². The summed E-state index contributed by atoms with van der Waals surface area (Å²) in [6, 6.07) is 12.4. The van der Waals surface area contributed by atoms with E-state index in [0.29, 0.717) is 12.0 Å². The Hall–Kier alpha value is -2.14. The van der Waals surface area contributed by atoms with E-state index >= 15 is 0 Å². The van der Waals surface area contributed by atoms with Gasteiger partial charge < -0.3 is 4.90 Å². The van der Waals surface area contributed by atoms with E-state index in [1.54, 1.807) is 6.20 Å². The normalized spacial score (nSPS) is 23.4. The van der Waals surface area contributed by atoms with Crippen LogP contribution in [-0.2, 0) is 0 Å². The van der Waals surface area contributed by atoms with Gasteiger partial charge in [0.25, 0.3) is 0 Å². The molecule has 2 aromatic heterocycles. The summed E-state index contributed by atoms with van der Waals surface area (Å²) in [5.41, 5.74) is 0.158. The Balaban J connectivity index is 1.86. The van der Waals surface area contributed by atoms with Gasteiger partial charge in [-0.2, -0.15) is 0 Å². The first-order valence-corrected chi connectivity index (χ1v) is 8.00. The predicted octanol–water partition coefficient (Wildman–Crippen LogP) is 2.71. The largest absolute Gasteiger partial charge is 0.354 e. The Morgan fingerprint density at radius 3 is 1.96 bits per heavy atom. The molecule has 5 nitrogen and oxygen atoms in total. The zero-order valence-corrected chi connectivity index (χ0v) is 14.2. The van der Waals surface area contributed by atoms with E-state index in [4.69, 9.17) is 5.84 Å². The van der Waals surface area contributed by atoms with Gasteiger partial charge in [0.05, 0.1) is 12.1 Å². The Bertz CT molecular complexity index is 586. The summed E-state index contributed by atoms with van der Waals surface area (Å²) in [5.74, 6) is 8.65. The number of likely N-dealkylation sites (N-methyl/N-ethyl adjacent to an activating group) is 1. The number of hydrogen-bond donors (Lipinski definition) is 1. The van der Waals surface area contributed by atoms with Crippen LogP contribution >= 0.6 is 0 Å². The first-order valence-electron chi connectivity index (χ1n) is 8.00. The van der Waals surface area contributed by atoms with E-state index in [1.807, 2.05) is 47.6 Å². The number of pyridine rings is 2. The first kappa shape index (κ1) is 15.7. The number of rotatable bonds is 4. The van der Waals surface area contributed by atoms with Crippen molar-refractivity contribution in [2.45, 2.75) is 32.9 Å². The number of hydrogen-bond acceptors (Lipinski definition) is 5. The summed E-state index contributed by atoms with van der Waals surface area (Å²) in [4.78, 5) is 11.1. The third-order valence-electron chi connectivity index (χ3n) is 4.64. The smallest absolute Gasteiger partial charge is 0.142 e. The number of aromatic nitrogens is 2. The number of hydrazine groups is 1. The molecule has 0 spiro atoms. The average Bonchev–Trinajstić information content (AvgIpc) is 3.31. The molecule has 1 aliphatic rings. The van der Waals surface area contributed by atoms with Crippen molar-refractivity contribution in [3.05, 3.63) is 48.8 Å². The molecule has 1 saturated carbocycles. The van der Waals surface area contributed by atoms with Crippen molar-refractivity contribution in [1.82, 2.24) is 9.97 Å². The van der Waals surface area contributed by atoms with Crippen molar-refractivity contribution in [2.75, 3.05) is 17.0 Å². The molecule has 0 amide bonds. The standard InChI is InChI=1S/C18H25N5/c1-18(2,3)15-16(22(4)13-9-5-7-11-20-13)17(15)23(19)14-10-6-8-12-21-14/h5-12,15-17H,19H2,1-4H3/t15?,16-,17?/m1/s1. The van der Waals surface area contributed by atoms with Crippen molar-refractivity contribution in [1.29, 1.82) is 0 Å². The van der Waals surface area contributed by atoms with Crippen LogP contribution in [0.4, 0.5) is 11.6 Å². The van der Waals surface area contributed by atoms with Gasteiger partial charge in [-0.1, -0.05) is 32.9 Å². The van der Waals surface area contributed by atoms with Crippen molar-refractivity contribution in [3.63, 3.8) is 0 Å². The van der Waals surface area contributed by atoms with Crippen LogP contribution in [0.1, 0.15) is 20.8 Å². The molecule has 2 heterocycles. The average molecular weight is 311 g/mol. The van der Waals surface area contributed by atoms with Crippen molar-refractivity contribution in [3.8, 4) is 0 Å². The molecule has 0 aliphatic heterocycles. The Morgan fingerprint density at radius 1 is 0.913 bits per heavy atom. The van der Waals surface area contributed by atoms with Crippen molar-refractivity contribution >= 4 is 11.6 Å². The fourth-order valence-electron chi connectivity index (χ4n) is 3.49. The lowest BCUT2D eigenvalue weighted by atomic mass is 9.89. The van der Waals surface area contributed by atoms with Crippen LogP contribution in [0.2, 0.25) is 0 Å². The fraction of sp³-hybridized carbons (Fsp3) is 0.444. The fourth-order valence-corrected chi connectivity index (χ4v) is 3.49. The lowest BCUT2D eigenvalue weighted by Crippen LogP contribution is -2.39. The molecule has 1 aliphatic carbocycles. The van der Waals surface area contributed by atoms with E-state index in [2.05, 4.69) is 42.7 Å². The van der Waals surface area contributed by atoms with E-state index in [-0.39, 0.29) is 11.5 Å². The van der Waals surface area contributed by atoms with E-state index < -0.39 is 0 Å². The topological polar surface area (TPSA) is 58.3 Å². The van der Waals surface area contributed by atoms with Crippen molar-refractivity contribution < 1.29 is 0 Å². The third-order valence-corrected chi connectivity index (χ3v) is 4.64. The lowest BCUT2D eigenvalue weighted by molar-refractivity contribution is 0.333. The third kappa shape index (κ3) is 3.01. The van der Waals surface area contributed by atoms with Gasteiger partial charge in [-0.3, -0.25) is 5.01 Å². The SMILES string of the molecule is CN(c1ccccn1)[C@H]1C(N(N)c2ccccn2)C1C(C)(C)C. The van der Waals surface area contributed by atoms with Gasteiger partial charge in [-0.05, 0) is 29.7 Å². The molecular weight excluding hydrogens is 286 g/mol. The highest BCUT2D eigenvalue weighted by atomic mass is 15.5. The molecule has 0 radical (unpaired) electrons. The summed E-state index contributed by atoms with van der Waals surface area (Å²) in [5, 5.41) is 1.82. The molecule has 3 atom stereocenters. The maximum Gasteiger partial charge on any atom is 0.142 e. The van der Waals surface area contributed by atoms with Gasteiger partial charge in [0, 0.05) is 25.4 Å². The molecule has 0 aromatic carbocycles. The van der Waals surface area contributed by atoms with Crippen LogP contribution in [0.15, 0.2) is 48.8 Å². The van der Waals surface area contributed by atoms with Gasteiger partial charge in [0.1, 0.15) is 11.6 Å². The lowest BCUT2D eigenvalue weighted by Gasteiger charge is -2.22. The molecule has 0 saturated heterocycles. The quantitative estimate of drug-likeness (QED) is 0.695. The molecule has 0 bridgehead atoms. The second-order valence-corrected chi connectivity index (χ2v) is 7.27. The Morgan fingerprint density at radius 2 is 1.48 bits per heavy atom. The summed E-state index contributed by atoms with van der Waals surface area (Å²) < 4.78 is 0. The highest BCUT2D eigenvalue weighted by Crippen LogP contribution is 2.51. The van der Waals surface area contributed by atoms with E-state index in [1.165, 1.54) is 0 Å². The summed E-state index contributed by atoms with van der Waals surface area (Å²) in [6.45, 7) is 6.80. The van der Waals surface area contributed by atoms with Crippen LogP contribution in [0, 0.1) is 11.3 Å². The molecule has 3 rings (SSSR count). The van der Waals surface area contributed by atoms with Gasteiger partial charge in [0.15, 0.2) is 0 Å². The van der Waals surface area contributed by atoms with Crippen LogP contribution < -0.4 is 15.8 Å². The Kier molecular flexibility index (Phi) is 3.98. The number of nitrogens with two attached hydrogens (primary N) is 1. The Labute approximate surface area is 138 Å². The minimum Gasteiger partial charge on any atom is -0.354 e. The predicted molar refractivity (Wildman–Crippen MR) is 94.1 cm³/mol. The highest BCUT2D eigenvalue weighted by molar-refractivity contribution is 5.49. The molecule has 2 unspecified atom stereocenters. The molecule has 5 heteroatoms. The molecule has 122 valence electrons. The molecular formula is C18H25N5. The zero-order valence-electron chi connectivity index (χ0n) is 14.2. The van der Waals surface area contributed by atoms with Crippen molar-refractivity contribution in [2.24, 2.45) is 17.2 Å². The van der Waals surface area contributed by atoms with Gasteiger partial charge >= 0.3 is 0 Å². The molecule has 1 fully saturated rings. The van der Waals surface area contributed by atoms with Crippen LogP contribution in [0.5, 0.6) is 0 Å². The number of anilines is 2. The van der Waals surface area contributed by atoms with Crippen LogP contribution in [-0.4, -0.2) is 29.1 Å². The maximum atomic E-state index is 6.42. The molecule has 2 aromatic rings. The molecule has 2 N–H and O–H groups in total. The highest BCUT2D eigenvalue weighted by Gasteiger charge is 2.61. The monoisotopic (exact) mass is 311 g/mol. The van der Waals surface area contributed by atoms with Crippen LogP contribution in [0.3, 0.4) is 0 Å². The maximum absolute atomic E-state index is 6.42. The summed E-state index contributed by atoms with van der Waals surface area (Å²) in [7, 11) is 2.10. The van der Waals surface area contributed by atoms with Gasteiger partial charge in [-0.25, -0.2) is 15.8 Å². The zero-order chi connectivity index (χ0) is 16.6. The summed E-state index contributed by atoms with van der Waals surface area (Å²) >= 11 is 0. The molecule has 23 heavy (non-hydrogen) atoms. The van der Waals surface area contributed by atoms with E-state index in [9.17, 15) is 0 Å².